The lowest BCUT2D eigenvalue weighted by atomic mass is 10.2. The summed E-state index contributed by atoms with van der Waals surface area (Å²) in [5, 5.41) is 0. The summed E-state index contributed by atoms with van der Waals surface area (Å²) in [6, 6.07) is 7.43. The van der Waals surface area contributed by atoms with Gasteiger partial charge < -0.3 is 4.55 Å². The number of hydrogen-bond donors (Lipinski definition) is 0. The minimum atomic E-state index is -1.20. The Labute approximate surface area is 98.8 Å². The fourth-order valence-electron chi connectivity index (χ4n) is 1.97. The van der Waals surface area contributed by atoms with Gasteiger partial charge in [-0.15, -0.1) is 4.31 Å². The second kappa shape index (κ2) is 5.17. The number of hydrogen-bond acceptors (Lipinski definition) is 2. The van der Waals surface area contributed by atoms with Crippen molar-refractivity contribution in [2.24, 2.45) is 0 Å². The summed E-state index contributed by atoms with van der Waals surface area (Å²) in [6.45, 7) is 2.32. The molecule has 4 heteroatoms. The van der Waals surface area contributed by atoms with Crippen molar-refractivity contribution < 1.29 is 8.94 Å². The van der Waals surface area contributed by atoms with E-state index in [0.29, 0.717) is 0 Å². The molecule has 1 aromatic rings. The molecule has 0 aliphatic carbocycles. The molecular weight excluding hydrogens is 225 g/mol. The molecule has 1 saturated heterocycles. The topological polar surface area (TPSA) is 26.3 Å². The first-order chi connectivity index (χ1) is 7.72. The van der Waals surface area contributed by atoms with E-state index < -0.39 is 18.0 Å². The lowest BCUT2D eigenvalue weighted by Crippen LogP contribution is -2.36. The third-order valence-corrected chi connectivity index (χ3v) is 4.52. The summed E-state index contributed by atoms with van der Waals surface area (Å²) in [4.78, 5) is 0.769. The van der Waals surface area contributed by atoms with Gasteiger partial charge in [0.25, 0.3) is 0 Å². The molecule has 0 radical (unpaired) electrons. The van der Waals surface area contributed by atoms with Crippen LogP contribution in [0.15, 0.2) is 29.2 Å². The van der Waals surface area contributed by atoms with Gasteiger partial charge in [-0.2, -0.15) is 0 Å². The maximum Gasteiger partial charge on any atom is 0.174 e. The molecular formula is C12H16FNOS. The average Bonchev–Trinajstić information content (AvgIpc) is 2.77. The molecule has 0 bridgehead atoms. The Balaban J connectivity index is 2.12. The van der Waals surface area contributed by atoms with Crippen molar-refractivity contribution in [3.8, 4) is 0 Å². The highest BCUT2D eigenvalue weighted by molar-refractivity contribution is 7.89. The van der Waals surface area contributed by atoms with E-state index in [9.17, 15) is 8.94 Å². The van der Waals surface area contributed by atoms with Crippen molar-refractivity contribution >= 4 is 11.4 Å². The summed E-state index contributed by atoms with van der Waals surface area (Å²) in [5.41, 5.74) is 1.14. The third kappa shape index (κ3) is 2.39. The molecule has 2 unspecified atom stereocenters. The van der Waals surface area contributed by atoms with Gasteiger partial charge in [0.05, 0.1) is 17.4 Å². The maximum absolute atomic E-state index is 12.7. The molecule has 0 aromatic heterocycles. The fourth-order valence-corrected chi connectivity index (χ4v) is 3.34. The monoisotopic (exact) mass is 241 g/mol. The molecule has 0 spiro atoms. The summed E-state index contributed by atoms with van der Waals surface area (Å²) in [6.07, 6.45) is 1.75. The quantitative estimate of drug-likeness (QED) is 0.760. The first kappa shape index (κ1) is 11.9. The predicted molar refractivity (Wildman–Crippen MR) is 63.3 cm³/mol. The Morgan fingerprint density at radius 1 is 1.44 bits per heavy atom. The van der Waals surface area contributed by atoms with Gasteiger partial charge in [0.15, 0.2) is 4.90 Å². The smallest absolute Gasteiger partial charge is 0.174 e. The number of aryl methyl sites for hydroxylation is 1. The number of alkyl halides is 1. The average molecular weight is 241 g/mol. The minimum Gasteiger partial charge on any atom is -0.593 e. The van der Waals surface area contributed by atoms with Crippen molar-refractivity contribution in [2.75, 3.05) is 13.2 Å². The van der Waals surface area contributed by atoms with E-state index in [1.165, 1.54) is 0 Å². The number of benzene rings is 1. The standard InChI is InChI=1S/C12H16FNOS/c1-10-4-6-12(7-5-10)16(15)14-8-2-3-11(14)9-13/h4-7,11H,2-3,8-9H2,1H3. The Morgan fingerprint density at radius 3 is 2.75 bits per heavy atom. The van der Waals surface area contributed by atoms with Crippen LogP contribution < -0.4 is 0 Å². The Morgan fingerprint density at radius 2 is 2.12 bits per heavy atom. The predicted octanol–water partition coefficient (Wildman–Crippen LogP) is 2.45. The zero-order chi connectivity index (χ0) is 11.5. The van der Waals surface area contributed by atoms with Gasteiger partial charge in [-0.05, 0) is 31.9 Å². The van der Waals surface area contributed by atoms with Gasteiger partial charge in [-0.1, -0.05) is 17.7 Å². The van der Waals surface area contributed by atoms with Crippen LogP contribution in [0.5, 0.6) is 0 Å². The first-order valence-corrected chi connectivity index (χ1v) is 6.64. The molecule has 1 aromatic carbocycles. The zero-order valence-electron chi connectivity index (χ0n) is 9.36. The maximum atomic E-state index is 12.7. The van der Waals surface area contributed by atoms with Crippen LogP contribution in [0.25, 0.3) is 0 Å². The first-order valence-electron chi connectivity index (χ1n) is 5.53. The SMILES string of the molecule is Cc1ccc([S+]([O-])N2CCCC2CF)cc1. The van der Waals surface area contributed by atoms with Crippen molar-refractivity contribution in [3.63, 3.8) is 0 Å². The Bertz CT molecular complexity index is 343. The zero-order valence-corrected chi connectivity index (χ0v) is 10.2. The third-order valence-electron chi connectivity index (χ3n) is 2.94. The molecule has 2 nitrogen and oxygen atoms in total. The second-order valence-electron chi connectivity index (χ2n) is 4.15. The summed E-state index contributed by atoms with van der Waals surface area (Å²) < 4.78 is 26.7. The van der Waals surface area contributed by atoms with Gasteiger partial charge in [-0.3, -0.25) is 0 Å². The van der Waals surface area contributed by atoms with Crippen LogP contribution in [0.4, 0.5) is 4.39 Å². The molecule has 1 aliphatic heterocycles. The fraction of sp³-hybridized carbons (Fsp3) is 0.500. The van der Waals surface area contributed by atoms with Gasteiger partial charge >= 0.3 is 0 Å². The van der Waals surface area contributed by atoms with E-state index in [1.807, 2.05) is 31.2 Å². The highest BCUT2D eigenvalue weighted by atomic mass is 32.2. The van der Waals surface area contributed by atoms with E-state index >= 15 is 0 Å². The molecule has 0 amide bonds. The van der Waals surface area contributed by atoms with Crippen molar-refractivity contribution in [1.29, 1.82) is 0 Å². The van der Waals surface area contributed by atoms with Crippen molar-refractivity contribution in [1.82, 2.24) is 4.31 Å². The lowest BCUT2D eigenvalue weighted by molar-refractivity contribution is 0.311. The number of rotatable bonds is 3. The van der Waals surface area contributed by atoms with E-state index in [4.69, 9.17) is 0 Å². The van der Waals surface area contributed by atoms with Gasteiger partial charge in [0.1, 0.15) is 6.67 Å². The van der Waals surface area contributed by atoms with Crippen LogP contribution >= 0.6 is 0 Å². The highest BCUT2D eigenvalue weighted by Crippen LogP contribution is 2.26. The van der Waals surface area contributed by atoms with Gasteiger partial charge in [0.2, 0.25) is 0 Å². The Hall–Kier alpha value is -0.580. The summed E-state index contributed by atoms with van der Waals surface area (Å²) in [7, 11) is 0. The van der Waals surface area contributed by atoms with E-state index in [1.54, 1.807) is 4.31 Å². The normalized spacial score (nSPS) is 23.6. The molecule has 88 valence electrons. The van der Waals surface area contributed by atoms with Crippen LogP contribution in [-0.4, -0.2) is 28.1 Å². The Kier molecular flexibility index (Phi) is 3.84. The van der Waals surface area contributed by atoms with Gasteiger partial charge in [0, 0.05) is 6.54 Å². The number of halogens is 1. The molecule has 0 saturated carbocycles. The van der Waals surface area contributed by atoms with Crippen LogP contribution in [0.1, 0.15) is 18.4 Å². The van der Waals surface area contributed by atoms with Crippen LogP contribution in [-0.2, 0) is 11.4 Å². The van der Waals surface area contributed by atoms with Crippen LogP contribution in [0.3, 0.4) is 0 Å². The molecule has 1 aliphatic rings. The molecule has 1 heterocycles. The van der Waals surface area contributed by atoms with Crippen LogP contribution in [0, 0.1) is 6.92 Å². The van der Waals surface area contributed by atoms with E-state index in [0.717, 1.165) is 29.8 Å². The number of nitrogens with zero attached hydrogens (tertiary/aromatic N) is 1. The summed E-state index contributed by atoms with van der Waals surface area (Å²) in [5.74, 6) is 0. The van der Waals surface area contributed by atoms with Crippen molar-refractivity contribution in [3.05, 3.63) is 29.8 Å². The molecule has 2 rings (SSSR count). The highest BCUT2D eigenvalue weighted by Gasteiger charge is 2.34. The van der Waals surface area contributed by atoms with Crippen molar-refractivity contribution in [2.45, 2.75) is 30.7 Å². The van der Waals surface area contributed by atoms with E-state index in [-0.39, 0.29) is 6.04 Å². The molecule has 2 atom stereocenters. The summed E-state index contributed by atoms with van der Waals surface area (Å²) >= 11 is -1.20. The minimum absolute atomic E-state index is 0.165. The second-order valence-corrected chi connectivity index (χ2v) is 5.59. The van der Waals surface area contributed by atoms with Gasteiger partial charge in [-0.25, -0.2) is 4.39 Å². The molecule has 1 fully saturated rings. The van der Waals surface area contributed by atoms with E-state index in [2.05, 4.69) is 0 Å². The van der Waals surface area contributed by atoms with Crippen LogP contribution in [0.2, 0.25) is 0 Å². The molecule has 0 N–H and O–H groups in total. The molecule has 16 heavy (non-hydrogen) atoms. The lowest BCUT2D eigenvalue weighted by Gasteiger charge is -2.23. The largest absolute Gasteiger partial charge is 0.593 e.